The third kappa shape index (κ3) is 19.2. The number of fused-ring (bicyclic) bond motifs is 1. The molecule has 0 aromatic carbocycles. The molecule has 0 saturated carbocycles. The van der Waals surface area contributed by atoms with Gasteiger partial charge in [0.2, 0.25) is 11.8 Å². The molecule has 47 heavy (non-hydrogen) atoms. The Morgan fingerprint density at radius 1 is 1.00 bits per heavy atom. The van der Waals surface area contributed by atoms with Gasteiger partial charge in [0.1, 0.15) is 14.7 Å². The number of amides is 5. The molecule has 2 aliphatic rings. The van der Waals surface area contributed by atoms with Gasteiger partial charge < -0.3 is 42.2 Å². The first-order valence-electron chi connectivity index (χ1n) is 15.4. The molecule has 0 aromatic rings. The van der Waals surface area contributed by atoms with Crippen molar-refractivity contribution in [1.29, 1.82) is 0 Å². The lowest BCUT2D eigenvalue weighted by atomic mass is 10.0. The molecule has 8 N–H and O–H groups in total. The Balaban J connectivity index is 0.00000141. The zero-order valence-electron chi connectivity index (χ0n) is 26.5. The van der Waals surface area contributed by atoms with Crippen molar-refractivity contribution >= 4 is 61.4 Å². The summed E-state index contributed by atoms with van der Waals surface area (Å²) in [7, 11) is -1.48. The van der Waals surface area contributed by atoms with Crippen LogP contribution in [0.4, 0.5) is 18.0 Å². The van der Waals surface area contributed by atoms with E-state index in [1.807, 2.05) is 11.8 Å². The smallest absolute Gasteiger partial charge is 0.430 e. The number of nitrogens with one attached hydrogen (secondary N) is 5. The van der Waals surface area contributed by atoms with Crippen LogP contribution in [0.15, 0.2) is 0 Å². The summed E-state index contributed by atoms with van der Waals surface area (Å²) in [5.74, 6) is -2.10. The molecule has 2 heterocycles. The molecule has 20 heteroatoms. The predicted octanol–water partition coefficient (Wildman–Crippen LogP) is -0.992. The summed E-state index contributed by atoms with van der Waals surface area (Å²) < 4.78 is 47.9. The van der Waals surface area contributed by atoms with Crippen molar-refractivity contribution in [3.05, 3.63) is 0 Å². The van der Waals surface area contributed by atoms with Crippen molar-refractivity contribution in [1.82, 2.24) is 26.6 Å². The first-order valence-corrected chi connectivity index (χ1v) is 19.1. The number of unbranched alkanes of at least 4 members (excludes halogenated alkanes) is 4. The minimum atomic E-state index is -5.19. The highest BCUT2D eigenvalue weighted by molar-refractivity contribution is 8.30. The second-order valence-corrected chi connectivity index (χ2v) is 15.7. The van der Waals surface area contributed by atoms with Gasteiger partial charge in [-0.3, -0.25) is 18.6 Å². The number of hydrogen-bond donors (Lipinski definition) is 6. The number of quaternary nitrogens is 1. The van der Waals surface area contributed by atoms with Gasteiger partial charge in [-0.15, -0.1) is 0 Å². The number of alkyl halides is 3. The van der Waals surface area contributed by atoms with Gasteiger partial charge >= 0.3 is 12.2 Å². The molecule has 272 valence electrons. The van der Waals surface area contributed by atoms with Crippen LogP contribution in [-0.2, 0) is 43.3 Å². The Kier molecular flexibility index (Phi) is 20.2. The number of rotatable bonds is 21. The molecule has 0 aromatic heterocycles. The van der Waals surface area contributed by atoms with E-state index >= 15 is 0 Å². The first-order chi connectivity index (χ1) is 22.1. The van der Waals surface area contributed by atoms with E-state index in [1.54, 1.807) is 0 Å². The number of thioether (sulfide) groups is 1. The van der Waals surface area contributed by atoms with E-state index in [1.165, 1.54) is 7.11 Å². The predicted molar refractivity (Wildman–Crippen MR) is 170 cm³/mol. The molecule has 0 bridgehead atoms. The van der Waals surface area contributed by atoms with Gasteiger partial charge in [-0.1, -0.05) is 12.8 Å². The summed E-state index contributed by atoms with van der Waals surface area (Å²) in [5.41, 5.74) is 3.86. The topological polar surface area (TPSA) is 222 Å². The molecule has 0 aliphatic carbocycles. The zero-order valence-corrected chi connectivity index (χ0v) is 28.9. The van der Waals surface area contributed by atoms with Gasteiger partial charge in [-0.05, 0) is 38.5 Å². The fraction of sp³-hybridized carbons (Fsp3) is 0.815. The Morgan fingerprint density at radius 2 is 1.57 bits per heavy atom. The minimum absolute atomic E-state index is 0.0123. The van der Waals surface area contributed by atoms with Crippen molar-refractivity contribution < 1.29 is 56.4 Å². The Morgan fingerprint density at radius 3 is 2.15 bits per heavy atom. The molecular formula is C27H47F3N6O8S3. The molecular weight excluding hydrogens is 690 g/mol. The van der Waals surface area contributed by atoms with E-state index < -0.39 is 27.0 Å². The van der Waals surface area contributed by atoms with Crippen LogP contribution >= 0.6 is 11.8 Å². The largest absolute Gasteiger partial charge is 0.542 e. The molecule has 2 rings (SSSR count). The van der Waals surface area contributed by atoms with E-state index in [-0.39, 0.29) is 48.1 Å². The van der Waals surface area contributed by atoms with Gasteiger partial charge in [0.25, 0.3) is 5.91 Å². The number of carboxylic acids is 1. The Labute approximate surface area is 282 Å². The van der Waals surface area contributed by atoms with E-state index in [4.69, 9.17) is 25.3 Å². The fourth-order valence-corrected chi connectivity index (χ4v) is 6.98. The number of urea groups is 1. The molecule has 0 spiro atoms. The SMILES string of the molecule is COS(=O)(=S)CCNC(=O)C([NH3+])CCCCNC(=O)CCCCCNC(=O)CCCCC1SCC2NC(=O)NC21.O=C([O-])C(F)(F)F. The molecule has 14 nitrogen and oxygen atoms in total. The van der Waals surface area contributed by atoms with Crippen molar-refractivity contribution in [3.8, 4) is 0 Å². The molecule has 0 radical (unpaired) electrons. The van der Waals surface area contributed by atoms with E-state index in [0.29, 0.717) is 37.6 Å². The van der Waals surface area contributed by atoms with Crippen molar-refractivity contribution in [2.75, 3.05) is 38.2 Å². The third-order valence-electron chi connectivity index (χ3n) is 7.29. The zero-order chi connectivity index (χ0) is 35.5. The van der Waals surface area contributed by atoms with Crippen LogP contribution in [0.1, 0.15) is 70.6 Å². The first kappa shape index (κ1) is 42.6. The summed E-state index contributed by atoms with van der Waals surface area (Å²) >= 11 is 6.65. The standard InChI is InChI=1S/C25H46N6O6S3.C2HF3O2/c1-37-40(36,38)16-15-29-24(34)18(26)9-6-8-14-28-21(32)11-3-2-7-13-27-22(33)12-5-4-10-20-23-19(17-39-20)30-25(35)31-23;3-2(4,5)1(6)7/h18-20,23H,2-17,26H2,1H3,(H,27,33)(H,28,32)(H,29,34)(H2,30,31,35);(H,6,7). The summed E-state index contributed by atoms with van der Waals surface area (Å²) in [5, 5.41) is 23.7. The average molecular weight is 737 g/mol. The maximum Gasteiger partial charge on any atom is 0.430 e. The normalized spacial score (nSPS) is 20.4. The Bertz CT molecular complexity index is 1130. The van der Waals surface area contributed by atoms with Crippen LogP contribution in [0.3, 0.4) is 0 Å². The van der Waals surface area contributed by atoms with Gasteiger partial charge in [0.15, 0.2) is 6.04 Å². The molecule has 5 atom stereocenters. The van der Waals surface area contributed by atoms with E-state index in [0.717, 1.165) is 57.1 Å². The molecule has 2 aliphatic heterocycles. The lowest BCUT2D eigenvalue weighted by Crippen LogP contribution is -2.67. The third-order valence-corrected chi connectivity index (χ3v) is 10.9. The van der Waals surface area contributed by atoms with E-state index in [9.17, 15) is 36.6 Å². The quantitative estimate of drug-likeness (QED) is 0.0624. The van der Waals surface area contributed by atoms with Crippen LogP contribution in [0.25, 0.3) is 0 Å². The van der Waals surface area contributed by atoms with Gasteiger partial charge in [-0.2, -0.15) is 24.9 Å². The molecule has 2 fully saturated rings. The fourth-order valence-electron chi connectivity index (χ4n) is 4.67. The molecule has 5 unspecified atom stereocenters. The summed E-state index contributed by atoms with van der Waals surface area (Å²) in [6, 6.07) is -0.0263. The monoisotopic (exact) mass is 736 g/mol. The van der Waals surface area contributed by atoms with E-state index in [2.05, 4.69) is 32.3 Å². The van der Waals surface area contributed by atoms with Crippen LogP contribution < -0.4 is 37.4 Å². The maximum absolute atomic E-state index is 12.1. The number of halogens is 3. The van der Waals surface area contributed by atoms with Crippen LogP contribution in [0.2, 0.25) is 0 Å². The number of carbonyl (C=O) groups excluding carboxylic acids is 5. The van der Waals surface area contributed by atoms with Crippen LogP contribution in [0.5, 0.6) is 0 Å². The van der Waals surface area contributed by atoms with Gasteiger partial charge in [0, 0.05) is 61.1 Å². The summed E-state index contributed by atoms with van der Waals surface area (Å²) in [4.78, 5) is 56.3. The average Bonchev–Trinajstić information content (AvgIpc) is 3.55. The van der Waals surface area contributed by atoms with Gasteiger partial charge in [0.05, 0.1) is 24.9 Å². The lowest BCUT2D eigenvalue weighted by molar-refractivity contribution is -0.405. The second kappa shape index (κ2) is 22.3. The second-order valence-electron chi connectivity index (χ2n) is 11.1. The molecule has 2 saturated heterocycles. The number of carbonyl (C=O) groups is 5. The maximum atomic E-state index is 12.1. The van der Waals surface area contributed by atoms with Crippen molar-refractivity contribution in [2.45, 2.75) is 100 Å². The van der Waals surface area contributed by atoms with Crippen molar-refractivity contribution in [3.63, 3.8) is 0 Å². The number of carboxylic acid groups (broad SMARTS) is 1. The number of hydrogen-bond acceptors (Lipinski definition) is 10. The summed E-state index contributed by atoms with van der Waals surface area (Å²) in [6.45, 7) is 1.37. The number of aliphatic carboxylic acids is 1. The Hall–Kier alpha value is -2.42. The highest BCUT2D eigenvalue weighted by Gasteiger charge is 2.42. The molecule has 5 amide bonds. The highest BCUT2D eigenvalue weighted by atomic mass is 32.8. The minimum Gasteiger partial charge on any atom is -0.542 e. The highest BCUT2D eigenvalue weighted by Crippen LogP contribution is 2.33. The van der Waals surface area contributed by atoms with Crippen molar-refractivity contribution in [2.24, 2.45) is 0 Å². The van der Waals surface area contributed by atoms with Crippen LogP contribution in [0, 0.1) is 0 Å². The van der Waals surface area contributed by atoms with Gasteiger partial charge in [-0.25, -0.2) is 9.00 Å². The summed E-state index contributed by atoms with van der Waals surface area (Å²) in [6.07, 6.45) is 3.21. The lowest BCUT2D eigenvalue weighted by Gasteiger charge is -2.16. The van der Waals surface area contributed by atoms with Crippen LogP contribution in [-0.4, -0.2) is 102 Å².